The van der Waals surface area contributed by atoms with Crippen LogP contribution in [-0.4, -0.2) is 55.4 Å². The average molecular weight is 404 g/mol. The average Bonchev–Trinajstić information content (AvgIpc) is 3.01. The van der Waals surface area contributed by atoms with Crippen LogP contribution in [0.1, 0.15) is 44.9 Å². The van der Waals surface area contributed by atoms with Gasteiger partial charge in [-0.05, 0) is 31.4 Å². The summed E-state index contributed by atoms with van der Waals surface area (Å²) < 4.78 is 6.77. The minimum Gasteiger partial charge on any atom is -0.468 e. The van der Waals surface area contributed by atoms with Crippen LogP contribution in [0.25, 0.3) is 5.69 Å². The minimum absolute atomic E-state index is 0.147. The highest BCUT2D eigenvalue weighted by Crippen LogP contribution is 2.28. The number of likely N-dealkylation sites (tertiary alicyclic amines) is 1. The monoisotopic (exact) mass is 403 g/mol. The Kier molecular flexibility index (Phi) is 7.02. The summed E-state index contributed by atoms with van der Waals surface area (Å²) in [5.74, 6) is 0.511. The van der Waals surface area contributed by atoms with Crippen LogP contribution < -0.4 is 0 Å². The zero-order chi connectivity index (χ0) is 19.9. The highest BCUT2D eigenvalue weighted by Gasteiger charge is 2.26. The van der Waals surface area contributed by atoms with Crippen LogP contribution in [0.3, 0.4) is 0 Å². The largest absolute Gasteiger partial charge is 0.468 e. The quantitative estimate of drug-likeness (QED) is 0.518. The summed E-state index contributed by atoms with van der Waals surface area (Å²) >= 11 is 1.31. The number of carbonyl (C=O) groups excluding carboxylic acids is 2. The number of hydrogen-bond donors (Lipinski definition) is 0. The Hall–Kier alpha value is -2.42. The fraction of sp³-hybridized carbons (Fsp3) is 0.526. The van der Waals surface area contributed by atoms with Crippen molar-refractivity contribution in [3.63, 3.8) is 0 Å². The summed E-state index contributed by atoms with van der Waals surface area (Å²) in [6.07, 6.45) is 7.59. The van der Waals surface area contributed by atoms with E-state index in [9.17, 15) is 9.59 Å². The van der Waals surface area contributed by atoms with Gasteiger partial charge in [0.25, 0.3) is 0 Å². The Morgan fingerprint density at radius 2 is 2.18 bits per heavy atom. The number of esters is 1. The second-order valence-electron chi connectivity index (χ2n) is 6.61. The molecule has 150 valence electrons. The molecule has 1 aliphatic rings. The summed E-state index contributed by atoms with van der Waals surface area (Å²) in [6, 6.07) is 3.75. The van der Waals surface area contributed by atoms with Crippen LogP contribution >= 0.6 is 11.8 Å². The zero-order valence-corrected chi connectivity index (χ0v) is 17.0. The van der Waals surface area contributed by atoms with Crippen molar-refractivity contribution in [2.45, 2.75) is 56.0 Å². The molecule has 0 radical (unpaired) electrons. The van der Waals surface area contributed by atoms with E-state index in [-0.39, 0.29) is 17.1 Å². The van der Waals surface area contributed by atoms with Gasteiger partial charge in [-0.2, -0.15) is 0 Å². The van der Waals surface area contributed by atoms with Gasteiger partial charge in [-0.15, -0.1) is 10.2 Å². The molecule has 3 rings (SSSR count). The lowest BCUT2D eigenvalue weighted by molar-refractivity contribution is -0.140. The molecule has 1 aliphatic heterocycles. The van der Waals surface area contributed by atoms with E-state index in [0.717, 1.165) is 31.5 Å². The summed E-state index contributed by atoms with van der Waals surface area (Å²) in [4.78, 5) is 30.5. The molecule has 1 fully saturated rings. The lowest BCUT2D eigenvalue weighted by atomic mass is 10.2. The molecule has 2 aromatic heterocycles. The van der Waals surface area contributed by atoms with Crippen LogP contribution in [-0.2, 0) is 20.9 Å². The Bertz CT molecular complexity index is 811. The Morgan fingerprint density at radius 3 is 2.89 bits per heavy atom. The molecular weight excluding hydrogens is 378 g/mol. The van der Waals surface area contributed by atoms with Crippen LogP contribution in [0.15, 0.2) is 29.7 Å². The molecular formula is C19H25N5O3S. The van der Waals surface area contributed by atoms with Crippen molar-refractivity contribution in [3.05, 3.63) is 30.4 Å². The van der Waals surface area contributed by atoms with Crippen molar-refractivity contribution in [1.82, 2.24) is 24.6 Å². The molecule has 0 N–H and O–H groups in total. The van der Waals surface area contributed by atoms with Gasteiger partial charge in [0.05, 0.1) is 25.5 Å². The summed E-state index contributed by atoms with van der Waals surface area (Å²) in [5, 5.41) is 8.86. The second kappa shape index (κ2) is 9.68. The lowest BCUT2D eigenvalue weighted by Crippen LogP contribution is -2.31. The normalized spacial score (nSPS) is 15.9. The number of hydrogen-bond acceptors (Lipinski definition) is 7. The molecule has 0 aromatic carbocycles. The summed E-state index contributed by atoms with van der Waals surface area (Å²) in [6.45, 7) is 3.04. The molecule has 8 nitrogen and oxygen atoms in total. The standard InChI is InChI=1S/C19H25N5O3S/c1-3-15(18(26)27-2)28-19-22-21-16(24(19)14-8-7-10-20-12-14)13-23-11-6-4-5-9-17(23)25/h7-8,10,12,15H,3-6,9,11,13H2,1-2H3. The smallest absolute Gasteiger partial charge is 0.319 e. The molecule has 1 atom stereocenters. The molecule has 1 unspecified atom stereocenters. The number of rotatable bonds is 7. The first kappa shape index (κ1) is 20.3. The van der Waals surface area contributed by atoms with Crippen molar-refractivity contribution in [1.29, 1.82) is 0 Å². The molecule has 1 amide bonds. The molecule has 3 heterocycles. The molecule has 28 heavy (non-hydrogen) atoms. The number of aromatic nitrogens is 4. The number of thioether (sulfide) groups is 1. The van der Waals surface area contributed by atoms with Gasteiger partial charge in [0.1, 0.15) is 5.25 Å². The van der Waals surface area contributed by atoms with E-state index in [2.05, 4.69) is 15.2 Å². The summed E-state index contributed by atoms with van der Waals surface area (Å²) in [7, 11) is 1.38. The van der Waals surface area contributed by atoms with Crippen LogP contribution in [0.2, 0.25) is 0 Å². The topological polar surface area (TPSA) is 90.2 Å². The predicted molar refractivity (Wildman–Crippen MR) is 105 cm³/mol. The number of carbonyl (C=O) groups is 2. The second-order valence-corrected chi connectivity index (χ2v) is 7.78. The van der Waals surface area contributed by atoms with Crippen molar-refractivity contribution in [3.8, 4) is 5.69 Å². The van der Waals surface area contributed by atoms with Gasteiger partial charge in [-0.3, -0.25) is 19.1 Å². The van der Waals surface area contributed by atoms with E-state index >= 15 is 0 Å². The van der Waals surface area contributed by atoms with E-state index in [0.29, 0.717) is 30.4 Å². The lowest BCUT2D eigenvalue weighted by Gasteiger charge is -2.21. The Balaban J connectivity index is 1.93. The van der Waals surface area contributed by atoms with Crippen molar-refractivity contribution >= 4 is 23.6 Å². The first-order valence-electron chi connectivity index (χ1n) is 9.51. The number of nitrogens with zero attached hydrogens (tertiary/aromatic N) is 5. The zero-order valence-electron chi connectivity index (χ0n) is 16.2. The fourth-order valence-corrected chi connectivity index (χ4v) is 4.18. The van der Waals surface area contributed by atoms with Gasteiger partial charge in [0.2, 0.25) is 5.91 Å². The van der Waals surface area contributed by atoms with Crippen molar-refractivity contribution < 1.29 is 14.3 Å². The Morgan fingerprint density at radius 1 is 1.32 bits per heavy atom. The van der Waals surface area contributed by atoms with Gasteiger partial charge in [-0.25, -0.2) is 0 Å². The van der Waals surface area contributed by atoms with E-state index in [1.165, 1.54) is 18.9 Å². The number of ether oxygens (including phenoxy) is 1. The van der Waals surface area contributed by atoms with Gasteiger partial charge in [0, 0.05) is 19.2 Å². The third-order valence-corrected chi connectivity index (χ3v) is 5.98. The number of methoxy groups -OCH3 is 1. The first-order valence-corrected chi connectivity index (χ1v) is 10.4. The van der Waals surface area contributed by atoms with E-state index in [4.69, 9.17) is 4.74 Å². The van der Waals surface area contributed by atoms with E-state index < -0.39 is 0 Å². The van der Waals surface area contributed by atoms with Crippen molar-refractivity contribution in [2.75, 3.05) is 13.7 Å². The first-order chi connectivity index (χ1) is 13.6. The van der Waals surface area contributed by atoms with Crippen LogP contribution in [0.5, 0.6) is 0 Å². The maximum atomic E-state index is 12.4. The molecule has 0 saturated carbocycles. The van der Waals surface area contributed by atoms with Crippen LogP contribution in [0.4, 0.5) is 0 Å². The number of pyridine rings is 1. The number of amides is 1. The third-order valence-electron chi connectivity index (χ3n) is 4.69. The van der Waals surface area contributed by atoms with E-state index in [1.54, 1.807) is 12.4 Å². The van der Waals surface area contributed by atoms with Crippen LogP contribution in [0, 0.1) is 0 Å². The molecule has 0 spiro atoms. The Labute approximate surface area is 168 Å². The third kappa shape index (κ3) is 4.70. The van der Waals surface area contributed by atoms with Gasteiger partial charge < -0.3 is 9.64 Å². The maximum Gasteiger partial charge on any atom is 0.319 e. The molecule has 1 saturated heterocycles. The predicted octanol–water partition coefficient (Wildman–Crippen LogP) is 2.61. The highest BCUT2D eigenvalue weighted by molar-refractivity contribution is 8.00. The van der Waals surface area contributed by atoms with Crippen molar-refractivity contribution in [2.24, 2.45) is 0 Å². The minimum atomic E-state index is -0.378. The van der Waals surface area contributed by atoms with E-state index in [1.807, 2.05) is 28.5 Å². The van der Waals surface area contributed by atoms with Gasteiger partial charge in [0.15, 0.2) is 11.0 Å². The highest BCUT2D eigenvalue weighted by atomic mass is 32.2. The van der Waals surface area contributed by atoms with Gasteiger partial charge in [-0.1, -0.05) is 25.1 Å². The fourth-order valence-electron chi connectivity index (χ4n) is 3.16. The molecule has 0 aliphatic carbocycles. The molecule has 9 heteroatoms. The molecule has 2 aromatic rings. The van der Waals surface area contributed by atoms with Gasteiger partial charge >= 0.3 is 5.97 Å². The molecule has 0 bridgehead atoms. The SMILES string of the molecule is CCC(Sc1nnc(CN2CCCCCC2=O)n1-c1cccnc1)C(=O)OC. The summed E-state index contributed by atoms with van der Waals surface area (Å²) in [5.41, 5.74) is 0.798. The maximum absolute atomic E-state index is 12.4.